The molecule has 0 unspecified atom stereocenters. The summed E-state index contributed by atoms with van der Waals surface area (Å²) in [5.41, 5.74) is -0.389. The van der Waals surface area contributed by atoms with Gasteiger partial charge < -0.3 is 14.2 Å². The maximum atomic E-state index is 5.84. The fourth-order valence-electron chi connectivity index (χ4n) is 2.89. The molecule has 0 radical (unpaired) electrons. The molecule has 3 atom stereocenters. The highest BCUT2D eigenvalue weighted by molar-refractivity contribution is 5.77. The van der Waals surface area contributed by atoms with E-state index >= 15 is 0 Å². The zero-order chi connectivity index (χ0) is 12.1. The summed E-state index contributed by atoms with van der Waals surface area (Å²) in [6.45, 7) is 10.4. The molecule has 0 aromatic rings. The van der Waals surface area contributed by atoms with E-state index in [4.69, 9.17) is 14.2 Å². The normalized spacial score (nSPS) is 41.8. The fraction of sp³-hybridized carbons (Fsp3) is 0.917. The van der Waals surface area contributed by atoms with E-state index in [0.29, 0.717) is 17.7 Å². The molecule has 1 fully saturated rings. The van der Waals surface area contributed by atoms with Crippen molar-refractivity contribution in [3.8, 4) is 0 Å². The van der Waals surface area contributed by atoms with E-state index in [0.717, 1.165) is 0 Å². The summed E-state index contributed by atoms with van der Waals surface area (Å²) in [6.07, 6.45) is 0.0601. The molecule has 92 valence electrons. The van der Waals surface area contributed by atoms with Gasteiger partial charge in [0.15, 0.2) is 11.4 Å². The fourth-order valence-corrected chi connectivity index (χ4v) is 2.89. The van der Waals surface area contributed by atoms with Crippen molar-refractivity contribution in [3.05, 3.63) is 0 Å². The molecule has 0 saturated carbocycles. The summed E-state index contributed by atoms with van der Waals surface area (Å²) < 4.78 is 16.9. The molecular formula is C12H21NO3. The Bertz CT molecular complexity index is 326. The maximum absolute atomic E-state index is 5.84. The zero-order valence-electron chi connectivity index (χ0n) is 10.9. The van der Waals surface area contributed by atoms with Gasteiger partial charge in [0, 0.05) is 14.0 Å². The molecule has 0 spiro atoms. The molecule has 16 heavy (non-hydrogen) atoms. The predicted molar refractivity (Wildman–Crippen MR) is 61.2 cm³/mol. The summed E-state index contributed by atoms with van der Waals surface area (Å²) in [4.78, 5) is 4.68. The standard InChI is InChI=1S/C12H21NO3/c1-7(2)10-11(8(3)4)12(14-6,16-10)15-9(5)13-11/h7-8,10H,1-6H3/t10-,11+,12-/m1/s1. The molecule has 4 heteroatoms. The number of methoxy groups -OCH3 is 1. The summed E-state index contributed by atoms with van der Waals surface area (Å²) in [5, 5.41) is 0. The van der Waals surface area contributed by atoms with Gasteiger partial charge in [-0.3, -0.25) is 0 Å². The van der Waals surface area contributed by atoms with Gasteiger partial charge in [-0.05, 0) is 11.8 Å². The minimum atomic E-state index is -0.986. The minimum Gasteiger partial charge on any atom is -0.424 e. The van der Waals surface area contributed by atoms with Crippen molar-refractivity contribution < 1.29 is 14.2 Å². The smallest absolute Gasteiger partial charge is 0.357 e. The number of aliphatic imine (C=N–C) groups is 1. The monoisotopic (exact) mass is 227 g/mol. The first-order valence-electron chi connectivity index (χ1n) is 5.88. The largest absolute Gasteiger partial charge is 0.424 e. The molecule has 2 heterocycles. The van der Waals surface area contributed by atoms with Crippen molar-refractivity contribution >= 4 is 5.90 Å². The van der Waals surface area contributed by atoms with Crippen molar-refractivity contribution in [2.45, 2.75) is 52.2 Å². The Morgan fingerprint density at radius 1 is 1.31 bits per heavy atom. The van der Waals surface area contributed by atoms with Gasteiger partial charge in [0.2, 0.25) is 0 Å². The zero-order valence-corrected chi connectivity index (χ0v) is 10.9. The summed E-state index contributed by atoms with van der Waals surface area (Å²) >= 11 is 0. The van der Waals surface area contributed by atoms with E-state index in [2.05, 4.69) is 32.7 Å². The van der Waals surface area contributed by atoms with Crippen molar-refractivity contribution in [1.29, 1.82) is 0 Å². The van der Waals surface area contributed by atoms with Crippen molar-refractivity contribution in [1.82, 2.24) is 0 Å². The second-order valence-electron chi connectivity index (χ2n) is 5.26. The second kappa shape index (κ2) is 3.44. The highest BCUT2D eigenvalue weighted by Crippen LogP contribution is 2.57. The lowest BCUT2D eigenvalue weighted by Crippen LogP contribution is -2.76. The van der Waals surface area contributed by atoms with Crippen LogP contribution in [-0.2, 0) is 14.2 Å². The van der Waals surface area contributed by atoms with Gasteiger partial charge in [-0.1, -0.05) is 27.7 Å². The first kappa shape index (κ1) is 11.9. The number of hydrogen-bond acceptors (Lipinski definition) is 4. The van der Waals surface area contributed by atoms with E-state index in [1.54, 1.807) is 7.11 Å². The van der Waals surface area contributed by atoms with Crippen LogP contribution in [0.3, 0.4) is 0 Å². The van der Waals surface area contributed by atoms with Gasteiger partial charge in [-0.2, -0.15) is 0 Å². The number of ether oxygens (including phenoxy) is 3. The van der Waals surface area contributed by atoms with Crippen LogP contribution in [0.15, 0.2) is 4.99 Å². The van der Waals surface area contributed by atoms with E-state index in [1.165, 1.54) is 0 Å². The van der Waals surface area contributed by atoms with Crippen LogP contribution < -0.4 is 0 Å². The van der Waals surface area contributed by atoms with Gasteiger partial charge in [0.1, 0.15) is 6.10 Å². The topological polar surface area (TPSA) is 40.0 Å². The number of rotatable bonds is 3. The van der Waals surface area contributed by atoms with Crippen LogP contribution >= 0.6 is 0 Å². The number of nitrogens with zero attached hydrogens (tertiary/aromatic N) is 1. The molecule has 0 aromatic heterocycles. The minimum absolute atomic E-state index is 0.0601. The van der Waals surface area contributed by atoms with Gasteiger partial charge in [-0.25, -0.2) is 4.99 Å². The first-order valence-corrected chi connectivity index (χ1v) is 5.88. The lowest BCUT2D eigenvalue weighted by Gasteiger charge is -2.57. The molecule has 2 aliphatic heterocycles. The Kier molecular flexibility index (Phi) is 2.55. The third-order valence-electron chi connectivity index (χ3n) is 3.59. The third-order valence-corrected chi connectivity index (χ3v) is 3.59. The van der Waals surface area contributed by atoms with E-state index in [1.807, 2.05) is 6.92 Å². The quantitative estimate of drug-likeness (QED) is 0.742. The summed E-state index contributed by atoms with van der Waals surface area (Å²) in [6, 6.07) is 0. The van der Waals surface area contributed by atoms with Crippen LogP contribution in [0.1, 0.15) is 34.6 Å². The molecule has 0 N–H and O–H groups in total. The molecule has 0 aromatic carbocycles. The molecule has 0 amide bonds. The lowest BCUT2D eigenvalue weighted by atomic mass is 9.71. The van der Waals surface area contributed by atoms with Crippen molar-refractivity contribution in [2.75, 3.05) is 7.11 Å². The average Bonchev–Trinajstić information content (AvgIpc) is 2.38. The van der Waals surface area contributed by atoms with Gasteiger partial charge in [0.25, 0.3) is 0 Å². The Balaban J connectivity index is 2.42. The lowest BCUT2D eigenvalue weighted by molar-refractivity contribution is -0.473. The Hall–Kier alpha value is -0.610. The Morgan fingerprint density at radius 2 is 1.94 bits per heavy atom. The Labute approximate surface area is 97.0 Å². The van der Waals surface area contributed by atoms with Gasteiger partial charge in [0.05, 0.1) is 0 Å². The van der Waals surface area contributed by atoms with Crippen molar-refractivity contribution in [3.63, 3.8) is 0 Å². The second-order valence-corrected chi connectivity index (χ2v) is 5.26. The molecule has 0 aliphatic carbocycles. The van der Waals surface area contributed by atoms with Gasteiger partial charge in [-0.15, -0.1) is 0 Å². The highest BCUT2D eigenvalue weighted by Gasteiger charge is 2.76. The Morgan fingerprint density at radius 3 is 2.38 bits per heavy atom. The van der Waals surface area contributed by atoms with Gasteiger partial charge >= 0.3 is 5.97 Å². The van der Waals surface area contributed by atoms with E-state index < -0.39 is 5.97 Å². The van der Waals surface area contributed by atoms with Crippen LogP contribution in [0, 0.1) is 11.8 Å². The van der Waals surface area contributed by atoms with Crippen LogP contribution in [-0.4, -0.2) is 30.6 Å². The number of fused-ring (bicyclic) bond motifs is 1. The number of hydrogen-bond donors (Lipinski definition) is 0. The first-order chi connectivity index (χ1) is 7.39. The van der Waals surface area contributed by atoms with Crippen molar-refractivity contribution in [2.24, 2.45) is 16.8 Å². The molecular weight excluding hydrogens is 206 g/mol. The van der Waals surface area contributed by atoms with E-state index in [9.17, 15) is 0 Å². The molecule has 1 saturated heterocycles. The summed E-state index contributed by atoms with van der Waals surface area (Å²) in [5.74, 6) is 0.369. The van der Waals surface area contributed by atoms with Crippen LogP contribution in [0.4, 0.5) is 0 Å². The highest BCUT2D eigenvalue weighted by atomic mass is 16.9. The van der Waals surface area contributed by atoms with Crippen LogP contribution in [0.25, 0.3) is 0 Å². The van der Waals surface area contributed by atoms with E-state index in [-0.39, 0.29) is 11.6 Å². The van der Waals surface area contributed by atoms with Crippen LogP contribution in [0.5, 0.6) is 0 Å². The maximum Gasteiger partial charge on any atom is 0.357 e. The van der Waals surface area contributed by atoms with Crippen LogP contribution in [0.2, 0.25) is 0 Å². The molecule has 2 aliphatic rings. The third kappa shape index (κ3) is 1.14. The SMILES string of the molecule is CO[C@@]12OC(C)=N[C@@]1(C(C)C)[C@@H](C(C)C)O2. The summed E-state index contributed by atoms with van der Waals surface area (Å²) in [7, 11) is 1.61. The molecule has 4 nitrogen and oxygen atoms in total. The average molecular weight is 227 g/mol. The predicted octanol–water partition coefficient (Wildman–Crippen LogP) is 2.18. The molecule has 2 rings (SSSR count). The molecule has 0 bridgehead atoms.